The zero-order valence-electron chi connectivity index (χ0n) is 41.7. The lowest BCUT2D eigenvalue weighted by molar-refractivity contribution is -0.151. The topological polar surface area (TPSA) is 95.9 Å². The molecule has 0 heterocycles. The van der Waals surface area contributed by atoms with Gasteiger partial charge in [-0.05, 0) is 38.5 Å². The summed E-state index contributed by atoms with van der Waals surface area (Å²) in [4.78, 5) is 26.2. The maximum Gasteiger partial charge on any atom is 0.306 e. The summed E-state index contributed by atoms with van der Waals surface area (Å²) in [5, 5.41) is 23.8. The van der Waals surface area contributed by atoms with Gasteiger partial charge < -0.3 is 20.3 Å². The molecule has 0 bridgehead atoms. The molecule has 3 atom stereocenters. The average molecular weight is 882 g/mol. The first-order chi connectivity index (χ1) is 31.0. The van der Waals surface area contributed by atoms with Crippen LogP contribution in [0.25, 0.3) is 0 Å². The number of hydrogen-bond donors (Lipinski definition) is 3. The number of nitrogens with one attached hydrogen (secondary N) is 1. The average Bonchev–Trinajstić information content (AvgIpc) is 3.28. The molecular formula is C57H103NO5. The number of rotatable bonds is 48. The van der Waals surface area contributed by atoms with Gasteiger partial charge in [-0.15, -0.1) is 0 Å². The number of allylic oxidation sites excluding steroid dienone is 10. The van der Waals surface area contributed by atoms with Crippen molar-refractivity contribution in [3.8, 4) is 0 Å². The van der Waals surface area contributed by atoms with Crippen LogP contribution in [0.3, 0.4) is 0 Å². The van der Waals surface area contributed by atoms with Crippen LogP contribution >= 0.6 is 0 Å². The highest BCUT2D eigenvalue weighted by atomic mass is 16.5. The van der Waals surface area contributed by atoms with Crippen molar-refractivity contribution in [3.63, 3.8) is 0 Å². The van der Waals surface area contributed by atoms with Gasteiger partial charge >= 0.3 is 5.97 Å². The molecule has 0 aromatic heterocycles. The Morgan fingerprint density at radius 2 is 0.857 bits per heavy atom. The molecule has 3 unspecified atom stereocenters. The van der Waals surface area contributed by atoms with Gasteiger partial charge in [0.1, 0.15) is 6.10 Å². The molecule has 0 aliphatic rings. The van der Waals surface area contributed by atoms with Crippen LogP contribution in [-0.2, 0) is 14.3 Å². The second-order valence-electron chi connectivity index (χ2n) is 18.4. The molecule has 0 aromatic rings. The van der Waals surface area contributed by atoms with E-state index in [0.717, 1.165) is 57.8 Å². The van der Waals surface area contributed by atoms with Crippen LogP contribution < -0.4 is 5.32 Å². The van der Waals surface area contributed by atoms with Gasteiger partial charge in [-0.1, -0.05) is 274 Å². The molecule has 1 amide bonds. The van der Waals surface area contributed by atoms with Crippen molar-refractivity contribution in [1.29, 1.82) is 0 Å². The summed E-state index contributed by atoms with van der Waals surface area (Å²) in [6.45, 7) is 6.34. The molecule has 6 nitrogen and oxygen atoms in total. The number of ether oxygens (including phenoxy) is 1. The number of carbonyl (C=O) groups excluding carboxylic acids is 2. The highest BCUT2D eigenvalue weighted by molar-refractivity contribution is 5.77. The van der Waals surface area contributed by atoms with Crippen LogP contribution in [0.15, 0.2) is 60.8 Å². The van der Waals surface area contributed by atoms with Gasteiger partial charge in [0.05, 0.1) is 25.2 Å². The zero-order valence-corrected chi connectivity index (χ0v) is 41.7. The van der Waals surface area contributed by atoms with Crippen LogP contribution in [0.2, 0.25) is 0 Å². The Labute approximate surface area is 390 Å². The number of carbonyl (C=O) groups is 2. The molecule has 0 saturated carbocycles. The van der Waals surface area contributed by atoms with Crippen molar-refractivity contribution in [1.82, 2.24) is 5.32 Å². The van der Waals surface area contributed by atoms with E-state index in [4.69, 9.17) is 4.74 Å². The largest absolute Gasteiger partial charge is 0.462 e. The fourth-order valence-electron chi connectivity index (χ4n) is 8.16. The maximum absolute atomic E-state index is 13.2. The van der Waals surface area contributed by atoms with E-state index in [0.29, 0.717) is 19.3 Å². The molecular weight excluding hydrogens is 779 g/mol. The van der Waals surface area contributed by atoms with E-state index < -0.39 is 18.2 Å². The summed E-state index contributed by atoms with van der Waals surface area (Å²) < 4.78 is 5.91. The third-order valence-corrected chi connectivity index (χ3v) is 12.2. The van der Waals surface area contributed by atoms with Crippen molar-refractivity contribution >= 4 is 11.9 Å². The van der Waals surface area contributed by atoms with Crippen LogP contribution in [0, 0.1) is 0 Å². The summed E-state index contributed by atoms with van der Waals surface area (Å²) in [6.07, 6.45) is 62.9. The van der Waals surface area contributed by atoms with Crippen LogP contribution in [-0.4, -0.2) is 46.9 Å². The van der Waals surface area contributed by atoms with Crippen molar-refractivity contribution in [2.75, 3.05) is 6.61 Å². The number of aliphatic hydroxyl groups excluding tert-OH is 2. The first-order valence-electron chi connectivity index (χ1n) is 27.1. The molecule has 0 aliphatic carbocycles. The third kappa shape index (κ3) is 45.9. The minimum absolute atomic E-state index is 0.0300. The quantitative estimate of drug-likeness (QED) is 0.0321. The lowest BCUT2D eigenvalue weighted by Gasteiger charge is -2.24. The normalized spacial score (nSPS) is 13.7. The first kappa shape index (κ1) is 60.6. The maximum atomic E-state index is 13.2. The van der Waals surface area contributed by atoms with E-state index >= 15 is 0 Å². The number of unbranched alkanes of at least 4 members (excludes halogenated alkanes) is 30. The second kappa shape index (κ2) is 50.6. The Kier molecular flexibility index (Phi) is 48.6. The first-order valence-corrected chi connectivity index (χ1v) is 27.1. The molecule has 3 N–H and O–H groups in total. The Bertz CT molecular complexity index is 1130. The van der Waals surface area contributed by atoms with Gasteiger partial charge in [0.15, 0.2) is 0 Å². The third-order valence-electron chi connectivity index (χ3n) is 12.2. The molecule has 6 heteroatoms. The molecule has 63 heavy (non-hydrogen) atoms. The van der Waals surface area contributed by atoms with Gasteiger partial charge in [-0.3, -0.25) is 9.59 Å². The van der Waals surface area contributed by atoms with E-state index in [9.17, 15) is 19.8 Å². The lowest BCUT2D eigenvalue weighted by atomic mass is 10.0. The molecule has 0 saturated heterocycles. The van der Waals surface area contributed by atoms with E-state index in [1.807, 2.05) is 48.6 Å². The van der Waals surface area contributed by atoms with E-state index in [1.165, 1.54) is 161 Å². The van der Waals surface area contributed by atoms with Crippen LogP contribution in [0.4, 0.5) is 0 Å². The molecule has 366 valence electrons. The second-order valence-corrected chi connectivity index (χ2v) is 18.4. The van der Waals surface area contributed by atoms with Crippen LogP contribution in [0.5, 0.6) is 0 Å². The molecule has 0 rings (SSSR count). The Hall–Kier alpha value is -2.44. The Balaban J connectivity index is 4.60. The zero-order chi connectivity index (χ0) is 45.9. The van der Waals surface area contributed by atoms with Gasteiger partial charge in [0, 0.05) is 6.42 Å². The van der Waals surface area contributed by atoms with Crippen molar-refractivity contribution in [2.24, 2.45) is 0 Å². The van der Waals surface area contributed by atoms with E-state index in [2.05, 4.69) is 38.2 Å². The smallest absolute Gasteiger partial charge is 0.306 e. The van der Waals surface area contributed by atoms with Gasteiger partial charge in [0.2, 0.25) is 5.91 Å². The predicted molar refractivity (Wildman–Crippen MR) is 273 cm³/mol. The Morgan fingerprint density at radius 3 is 1.27 bits per heavy atom. The fourth-order valence-corrected chi connectivity index (χ4v) is 8.16. The molecule has 0 aliphatic heterocycles. The summed E-state index contributed by atoms with van der Waals surface area (Å²) in [6, 6.07) is -0.724. The predicted octanol–water partition coefficient (Wildman–Crippen LogP) is 16.4. The minimum Gasteiger partial charge on any atom is -0.462 e. The number of amides is 1. The standard InChI is InChI=1S/C57H103NO5/c1-4-7-10-13-16-19-22-25-27-29-32-35-38-41-44-47-50-57(62)63-53(48-45-42-39-36-33-30-24-21-18-15-12-9-6-3)51-56(61)58-54(52-59)55(60)49-46-43-40-37-34-31-28-26-23-20-17-14-11-8-5-2/h9,12,15,18,21,24,30,33,36,39,53-55,59-60H,4-8,10-11,13-14,16-17,19-20,22-23,25-29,31-32,34-35,37-38,40-52H2,1-3H3,(H,58,61)/b12-9+,18-15+,24-21-,33-30-,39-36+. The summed E-state index contributed by atoms with van der Waals surface area (Å²) >= 11 is 0. The number of esters is 1. The van der Waals surface area contributed by atoms with Crippen molar-refractivity contribution in [2.45, 2.75) is 283 Å². The van der Waals surface area contributed by atoms with Crippen LogP contribution in [0.1, 0.15) is 265 Å². The minimum atomic E-state index is -0.807. The Morgan fingerprint density at radius 1 is 0.476 bits per heavy atom. The summed E-state index contributed by atoms with van der Waals surface area (Å²) in [5.41, 5.74) is 0. The molecule has 0 fully saturated rings. The van der Waals surface area contributed by atoms with Crippen molar-refractivity contribution in [3.05, 3.63) is 60.8 Å². The van der Waals surface area contributed by atoms with Gasteiger partial charge in [-0.25, -0.2) is 0 Å². The van der Waals surface area contributed by atoms with Crippen molar-refractivity contribution < 1.29 is 24.5 Å². The SMILES string of the molecule is CC/C=C/C=C/C=C\C=C/C=C/CCCC(CC(=O)NC(CO)C(O)CCCCCCCCCCCCCCCCC)OC(=O)CCCCCCCCCCCCCCCCCC. The van der Waals surface area contributed by atoms with E-state index in [1.54, 1.807) is 0 Å². The monoisotopic (exact) mass is 882 g/mol. The van der Waals surface area contributed by atoms with Gasteiger partial charge in [0.25, 0.3) is 0 Å². The highest BCUT2D eigenvalue weighted by Gasteiger charge is 2.24. The van der Waals surface area contributed by atoms with E-state index in [-0.39, 0.29) is 24.9 Å². The highest BCUT2D eigenvalue weighted by Crippen LogP contribution is 2.18. The molecule has 0 spiro atoms. The fraction of sp³-hybridized carbons (Fsp3) is 0.789. The number of hydrogen-bond acceptors (Lipinski definition) is 5. The summed E-state index contributed by atoms with van der Waals surface area (Å²) in [7, 11) is 0. The molecule has 0 aromatic carbocycles. The number of aliphatic hydroxyl groups is 2. The van der Waals surface area contributed by atoms with Gasteiger partial charge in [-0.2, -0.15) is 0 Å². The summed E-state index contributed by atoms with van der Waals surface area (Å²) in [5.74, 6) is -0.538. The lowest BCUT2D eigenvalue weighted by Crippen LogP contribution is -2.46. The molecule has 0 radical (unpaired) electrons.